The summed E-state index contributed by atoms with van der Waals surface area (Å²) in [4.78, 5) is 28.6. The fourth-order valence-electron chi connectivity index (χ4n) is 3.63. The van der Waals surface area contributed by atoms with E-state index in [0.717, 1.165) is 41.8 Å². The fraction of sp³-hybridized carbons (Fsp3) is 0.350. The number of carbonyl (C=O) groups excluding carboxylic acids is 1. The number of likely N-dealkylation sites (tertiary alicyclic amines) is 1. The number of fused-ring (bicyclic) bond motifs is 1. The summed E-state index contributed by atoms with van der Waals surface area (Å²) in [6.07, 6.45) is 3.20. The first-order valence-corrected chi connectivity index (χ1v) is 9.86. The Morgan fingerprint density at radius 1 is 1.19 bits per heavy atom. The zero-order chi connectivity index (χ0) is 18.1. The minimum atomic E-state index is -0.209. The molecule has 0 spiro atoms. The van der Waals surface area contributed by atoms with Gasteiger partial charge in [-0.25, -0.2) is 4.68 Å². The summed E-state index contributed by atoms with van der Waals surface area (Å²) in [6.45, 7) is 2.83. The lowest BCUT2D eigenvalue weighted by atomic mass is 10.0. The molecule has 6 heteroatoms. The fourth-order valence-corrected chi connectivity index (χ4v) is 4.35. The molecule has 1 aliphatic heterocycles. The number of benzene rings is 1. The largest absolute Gasteiger partial charge is 0.338 e. The van der Waals surface area contributed by atoms with Crippen molar-refractivity contribution in [1.82, 2.24) is 14.7 Å². The molecule has 0 aliphatic carbocycles. The summed E-state index contributed by atoms with van der Waals surface area (Å²) in [7, 11) is 0. The van der Waals surface area contributed by atoms with E-state index in [1.807, 2.05) is 40.6 Å². The van der Waals surface area contributed by atoms with Crippen LogP contribution in [0.15, 0.2) is 46.6 Å². The van der Waals surface area contributed by atoms with Crippen molar-refractivity contribution in [2.24, 2.45) is 0 Å². The second-order valence-corrected chi connectivity index (χ2v) is 7.71. The van der Waals surface area contributed by atoms with Crippen LogP contribution in [-0.4, -0.2) is 33.2 Å². The number of piperidine rings is 1. The number of amides is 1. The number of rotatable bonds is 3. The summed E-state index contributed by atoms with van der Waals surface area (Å²) in [5, 5.41) is 7.99. The topological polar surface area (TPSA) is 55.2 Å². The maximum atomic E-state index is 12.9. The third-order valence-corrected chi connectivity index (χ3v) is 5.91. The lowest BCUT2D eigenvalue weighted by molar-refractivity contribution is -0.135. The van der Waals surface area contributed by atoms with Crippen molar-refractivity contribution in [2.75, 3.05) is 6.54 Å². The second-order valence-electron chi connectivity index (χ2n) is 6.77. The average Bonchev–Trinajstić information content (AvgIpc) is 3.19. The molecule has 3 aromatic rings. The zero-order valence-electron chi connectivity index (χ0n) is 14.7. The van der Waals surface area contributed by atoms with Crippen molar-refractivity contribution in [3.8, 4) is 10.6 Å². The molecule has 1 atom stereocenters. The van der Waals surface area contributed by atoms with Gasteiger partial charge in [-0.3, -0.25) is 9.59 Å². The van der Waals surface area contributed by atoms with Crippen molar-refractivity contribution in [1.29, 1.82) is 0 Å². The molecule has 4 rings (SSSR count). The highest BCUT2D eigenvalue weighted by atomic mass is 32.1. The maximum Gasteiger partial charge on any atom is 0.275 e. The monoisotopic (exact) mass is 367 g/mol. The molecule has 1 saturated heterocycles. The Balaban J connectivity index is 1.77. The average molecular weight is 367 g/mol. The molecular formula is C20H21N3O2S. The summed E-state index contributed by atoms with van der Waals surface area (Å²) < 4.78 is 1.33. The van der Waals surface area contributed by atoms with Crippen LogP contribution >= 0.6 is 11.3 Å². The van der Waals surface area contributed by atoms with Gasteiger partial charge in [0.25, 0.3) is 5.56 Å². The summed E-state index contributed by atoms with van der Waals surface area (Å²) in [6, 6.07) is 11.7. The third-order valence-electron chi connectivity index (χ3n) is 5.03. The van der Waals surface area contributed by atoms with Gasteiger partial charge in [-0.1, -0.05) is 24.3 Å². The minimum absolute atomic E-state index is 0.00756. The van der Waals surface area contributed by atoms with E-state index in [9.17, 15) is 9.59 Å². The number of thiophene rings is 1. The van der Waals surface area contributed by atoms with Crippen LogP contribution in [0.5, 0.6) is 0 Å². The third kappa shape index (κ3) is 3.05. The molecule has 1 aromatic carbocycles. The van der Waals surface area contributed by atoms with Crippen LogP contribution in [-0.2, 0) is 11.3 Å². The lowest BCUT2D eigenvalue weighted by Gasteiger charge is -2.33. The predicted molar refractivity (Wildman–Crippen MR) is 104 cm³/mol. The van der Waals surface area contributed by atoms with Gasteiger partial charge >= 0.3 is 0 Å². The van der Waals surface area contributed by atoms with Crippen molar-refractivity contribution in [3.05, 3.63) is 52.1 Å². The predicted octanol–water partition coefficient (Wildman–Crippen LogP) is 3.53. The molecule has 3 heterocycles. The van der Waals surface area contributed by atoms with E-state index in [1.165, 1.54) is 4.68 Å². The van der Waals surface area contributed by atoms with Crippen LogP contribution in [0.1, 0.15) is 26.2 Å². The molecule has 0 radical (unpaired) electrons. The highest BCUT2D eigenvalue weighted by molar-refractivity contribution is 7.13. The van der Waals surface area contributed by atoms with Crippen LogP contribution in [0.4, 0.5) is 0 Å². The van der Waals surface area contributed by atoms with Crippen molar-refractivity contribution in [3.63, 3.8) is 0 Å². The Kier molecular flexibility index (Phi) is 4.59. The minimum Gasteiger partial charge on any atom is -0.338 e. The first-order valence-electron chi connectivity index (χ1n) is 8.98. The number of carbonyl (C=O) groups is 1. The molecule has 1 fully saturated rings. The molecular weight excluding hydrogens is 346 g/mol. The van der Waals surface area contributed by atoms with Gasteiger partial charge in [-0.15, -0.1) is 11.3 Å². The van der Waals surface area contributed by atoms with E-state index in [4.69, 9.17) is 0 Å². The highest BCUT2D eigenvalue weighted by Gasteiger charge is 2.24. The van der Waals surface area contributed by atoms with Crippen molar-refractivity contribution < 1.29 is 4.79 Å². The SMILES string of the molecule is C[C@@H]1CCCCN1C(=O)Cn1nc(-c2cccs2)c2ccccc2c1=O. The highest BCUT2D eigenvalue weighted by Crippen LogP contribution is 2.28. The first-order chi connectivity index (χ1) is 12.6. The van der Waals surface area contributed by atoms with Crippen LogP contribution < -0.4 is 5.56 Å². The smallest absolute Gasteiger partial charge is 0.275 e. The zero-order valence-corrected chi connectivity index (χ0v) is 15.5. The van der Waals surface area contributed by atoms with E-state index in [0.29, 0.717) is 5.39 Å². The Morgan fingerprint density at radius 2 is 2.00 bits per heavy atom. The van der Waals surface area contributed by atoms with Crippen molar-refractivity contribution >= 4 is 28.0 Å². The Bertz CT molecular complexity index is 994. The number of hydrogen-bond donors (Lipinski definition) is 0. The summed E-state index contributed by atoms with van der Waals surface area (Å²) in [5.74, 6) is -0.0285. The molecule has 0 bridgehead atoms. The number of aromatic nitrogens is 2. The quantitative estimate of drug-likeness (QED) is 0.712. The lowest BCUT2D eigenvalue weighted by Crippen LogP contribution is -2.45. The molecule has 0 N–H and O–H groups in total. The van der Waals surface area contributed by atoms with Crippen LogP contribution in [0, 0.1) is 0 Å². The standard InChI is InChI=1S/C20H21N3O2S/c1-14-7-4-5-11-22(14)18(24)13-23-20(25)16-9-3-2-8-15(16)19(21-23)17-10-6-12-26-17/h2-3,6,8-10,12,14H,4-5,7,11,13H2,1H3/t14-/m1/s1. The maximum absolute atomic E-state index is 12.9. The van der Waals surface area contributed by atoms with E-state index in [1.54, 1.807) is 17.4 Å². The number of nitrogens with zero attached hydrogens (tertiary/aromatic N) is 3. The van der Waals surface area contributed by atoms with Crippen LogP contribution in [0.25, 0.3) is 21.3 Å². The van der Waals surface area contributed by atoms with Crippen molar-refractivity contribution in [2.45, 2.75) is 38.8 Å². The van der Waals surface area contributed by atoms with E-state index < -0.39 is 0 Å². The van der Waals surface area contributed by atoms with Crippen LogP contribution in [0.3, 0.4) is 0 Å². The Hall–Kier alpha value is -2.47. The molecule has 26 heavy (non-hydrogen) atoms. The van der Waals surface area contributed by atoms with Gasteiger partial charge in [0.2, 0.25) is 5.91 Å². The molecule has 134 valence electrons. The molecule has 0 unspecified atom stereocenters. The van der Waals surface area contributed by atoms with Gasteiger partial charge < -0.3 is 4.90 Å². The van der Waals surface area contributed by atoms with Gasteiger partial charge in [0.1, 0.15) is 12.2 Å². The second kappa shape index (κ2) is 7.03. The summed E-state index contributed by atoms with van der Waals surface area (Å²) >= 11 is 1.58. The molecule has 1 amide bonds. The molecule has 1 aliphatic rings. The Morgan fingerprint density at radius 3 is 2.73 bits per heavy atom. The van der Waals surface area contributed by atoms with E-state index in [2.05, 4.69) is 12.0 Å². The molecule has 5 nitrogen and oxygen atoms in total. The molecule has 0 saturated carbocycles. The van der Waals surface area contributed by atoms with Crippen LogP contribution in [0.2, 0.25) is 0 Å². The van der Waals surface area contributed by atoms with E-state index >= 15 is 0 Å². The van der Waals surface area contributed by atoms with Gasteiger partial charge in [-0.05, 0) is 43.7 Å². The Labute approximate surface area is 155 Å². The molecule has 2 aromatic heterocycles. The van der Waals surface area contributed by atoms with Gasteiger partial charge in [0, 0.05) is 18.0 Å². The normalized spacial score (nSPS) is 17.6. The number of hydrogen-bond acceptors (Lipinski definition) is 4. The first kappa shape index (κ1) is 17.0. The van der Waals surface area contributed by atoms with Gasteiger partial charge in [0.15, 0.2) is 0 Å². The summed E-state index contributed by atoms with van der Waals surface area (Å²) in [5.41, 5.74) is 0.550. The van der Waals surface area contributed by atoms with Gasteiger partial charge in [-0.2, -0.15) is 5.10 Å². The van der Waals surface area contributed by atoms with E-state index in [-0.39, 0.29) is 24.1 Å². The van der Waals surface area contributed by atoms with Gasteiger partial charge in [0.05, 0.1) is 10.3 Å².